The van der Waals surface area contributed by atoms with Gasteiger partial charge in [0.05, 0.1) is 12.5 Å². The summed E-state index contributed by atoms with van der Waals surface area (Å²) in [5.74, 6) is -0.000998. The molecule has 1 atom stereocenters. The molecule has 0 radical (unpaired) electrons. The van der Waals surface area contributed by atoms with Gasteiger partial charge in [0, 0.05) is 22.1 Å². The smallest absolute Gasteiger partial charge is 0.227 e. The number of aliphatic hydroxyl groups is 1. The van der Waals surface area contributed by atoms with Crippen molar-refractivity contribution < 1.29 is 9.90 Å². The Bertz CT molecular complexity index is 449. The van der Waals surface area contributed by atoms with Gasteiger partial charge in [0.2, 0.25) is 5.91 Å². The van der Waals surface area contributed by atoms with E-state index in [4.69, 9.17) is 11.6 Å². The third-order valence-electron chi connectivity index (χ3n) is 2.76. The molecule has 0 aliphatic carbocycles. The summed E-state index contributed by atoms with van der Waals surface area (Å²) in [6, 6.07) is 5.45. The second-order valence-corrected chi connectivity index (χ2v) is 6.19. The number of carbonyl (C=O) groups excluding carboxylic acids is 1. The molecular weight excluding hydrogens is 330 g/mol. The number of rotatable bonds is 5. The minimum Gasteiger partial charge on any atom is -0.392 e. The van der Waals surface area contributed by atoms with Crippen molar-refractivity contribution in [1.82, 2.24) is 4.90 Å². The predicted molar refractivity (Wildman–Crippen MR) is 81.4 cm³/mol. The minimum atomic E-state index is -0.528. The van der Waals surface area contributed by atoms with E-state index in [-0.39, 0.29) is 11.9 Å². The molecule has 0 fully saturated rings. The number of nitrogens with zero attached hydrogens (tertiary/aromatic N) is 1. The van der Waals surface area contributed by atoms with Crippen LogP contribution in [0.5, 0.6) is 0 Å². The van der Waals surface area contributed by atoms with Crippen LogP contribution in [0.3, 0.4) is 0 Å². The van der Waals surface area contributed by atoms with Crippen molar-refractivity contribution in [3.63, 3.8) is 0 Å². The summed E-state index contributed by atoms with van der Waals surface area (Å²) in [6.45, 7) is 5.91. The summed E-state index contributed by atoms with van der Waals surface area (Å²) in [5, 5.41) is 10.1. The zero-order valence-electron chi connectivity index (χ0n) is 11.4. The van der Waals surface area contributed by atoms with Crippen LogP contribution in [-0.4, -0.2) is 34.6 Å². The van der Waals surface area contributed by atoms with E-state index in [9.17, 15) is 9.90 Å². The minimum absolute atomic E-state index is 0.000998. The molecule has 1 aromatic rings. The molecule has 0 spiro atoms. The third kappa shape index (κ3) is 5.13. The highest BCUT2D eigenvalue weighted by Crippen LogP contribution is 2.22. The zero-order valence-corrected chi connectivity index (χ0v) is 13.7. The molecule has 0 saturated heterocycles. The number of benzene rings is 1. The fraction of sp³-hybridized carbons (Fsp3) is 0.500. The van der Waals surface area contributed by atoms with Crippen LogP contribution < -0.4 is 0 Å². The second-order valence-electron chi connectivity index (χ2n) is 4.90. The SMILES string of the molecule is CC(O)CN(C(=O)Cc1ccc(Cl)cc1Br)C(C)C. The van der Waals surface area contributed by atoms with Crippen molar-refractivity contribution in [2.24, 2.45) is 0 Å². The second kappa shape index (κ2) is 7.27. The van der Waals surface area contributed by atoms with E-state index in [2.05, 4.69) is 15.9 Å². The highest BCUT2D eigenvalue weighted by molar-refractivity contribution is 9.10. The third-order valence-corrected chi connectivity index (χ3v) is 3.73. The van der Waals surface area contributed by atoms with Gasteiger partial charge in [-0.1, -0.05) is 33.6 Å². The maximum atomic E-state index is 12.3. The molecule has 0 aliphatic rings. The van der Waals surface area contributed by atoms with Gasteiger partial charge in [-0.15, -0.1) is 0 Å². The molecule has 1 rings (SSSR count). The van der Waals surface area contributed by atoms with Crippen LogP contribution in [-0.2, 0) is 11.2 Å². The molecule has 0 bridgehead atoms. The van der Waals surface area contributed by atoms with Gasteiger partial charge in [-0.25, -0.2) is 0 Å². The molecule has 0 aromatic heterocycles. The van der Waals surface area contributed by atoms with E-state index in [0.29, 0.717) is 18.0 Å². The first-order valence-corrected chi connectivity index (χ1v) is 7.39. The first kappa shape index (κ1) is 16.5. The van der Waals surface area contributed by atoms with E-state index >= 15 is 0 Å². The number of halogens is 2. The molecular formula is C14H19BrClNO2. The van der Waals surface area contributed by atoms with Crippen molar-refractivity contribution in [2.75, 3.05) is 6.54 Å². The lowest BCUT2D eigenvalue weighted by atomic mass is 10.1. The van der Waals surface area contributed by atoms with Gasteiger partial charge in [0.25, 0.3) is 0 Å². The van der Waals surface area contributed by atoms with Crippen LogP contribution in [0.25, 0.3) is 0 Å². The van der Waals surface area contributed by atoms with Gasteiger partial charge in [0.15, 0.2) is 0 Å². The van der Waals surface area contributed by atoms with Gasteiger partial charge in [-0.05, 0) is 38.5 Å². The molecule has 5 heteroatoms. The van der Waals surface area contributed by atoms with E-state index in [1.165, 1.54) is 0 Å². The van der Waals surface area contributed by atoms with Crippen LogP contribution in [0.1, 0.15) is 26.3 Å². The van der Waals surface area contributed by atoms with Crippen molar-refractivity contribution in [3.8, 4) is 0 Å². The Balaban J connectivity index is 2.81. The van der Waals surface area contributed by atoms with Crippen LogP contribution >= 0.6 is 27.5 Å². The normalized spacial score (nSPS) is 12.6. The number of amides is 1. The molecule has 1 unspecified atom stereocenters. The lowest BCUT2D eigenvalue weighted by molar-refractivity contribution is -0.133. The average molecular weight is 349 g/mol. The summed E-state index contributed by atoms with van der Waals surface area (Å²) in [4.78, 5) is 14.0. The summed E-state index contributed by atoms with van der Waals surface area (Å²) in [7, 11) is 0. The van der Waals surface area contributed by atoms with Crippen LogP contribution in [0.4, 0.5) is 0 Å². The number of carbonyl (C=O) groups is 1. The molecule has 106 valence electrons. The maximum Gasteiger partial charge on any atom is 0.227 e. The summed E-state index contributed by atoms with van der Waals surface area (Å²) in [6.07, 6.45) is -0.233. The van der Waals surface area contributed by atoms with Gasteiger partial charge >= 0.3 is 0 Å². The van der Waals surface area contributed by atoms with Crippen LogP contribution in [0.2, 0.25) is 5.02 Å². The first-order valence-electron chi connectivity index (χ1n) is 6.22. The number of aliphatic hydroxyl groups excluding tert-OH is 1. The summed E-state index contributed by atoms with van der Waals surface area (Å²) < 4.78 is 0.828. The topological polar surface area (TPSA) is 40.5 Å². The Morgan fingerprint density at radius 2 is 2.05 bits per heavy atom. The largest absolute Gasteiger partial charge is 0.392 e. The number of hydrogen-bond donors (Lipinski definition) is 1. The van der Waals surface area contributed by atoms with Gasteiger partial charge in [0.1, 0.15) is 0 Å². The zero-order chi connectivity index (χ0) is 14.6. The van der Waals surface area contributed by atoms with E-state index in [1.807, 2.05) is 19.9 Å². The number of hydrogen-bond acceptors (Lipinski definition) is 2. The summed E-state index contributed by atoms with van der Waals surface area (Å²) >= 11 is 9.28. The van der Waals surface area contributed by atoms with Crippen molar-refractivity contribution >= 4 is 33.4 Å². The molecule has 0 heterocycles. The first-order chi connectivity index (χ1) is 8.81. The van der Waals surface area contributed by atoms with Gasteiger partial charge in [-0.3, -0.25) is 4.79 Å². The Morgan fingerprint density at radius 1 is 1.42 bits per heavy atom. The van der Waals surface area contributed by atoms with E-state index in [1.54, 1.807) is 24.0 Å². The fourth-order valence-electron chi connectivity index (χ4n) is 1.81. The quantitative estimate of drug-likeness (QED) is 0.887. The van der Waals surface area contributed by atoms with Crippen molar-refractivity contribution in [3.05, 3.63) is 33.3 Å². The van der Waals surface area contributed by atoms with Crippen LogP contribution in [0.15, 0.2) is 22.7 Å². The molecule has 1 N–H and O–H groups in total. The Kier molecular flexibility index (Phi) is 6.30. The van der Waals surface area contributed by atoms with E-state index < -0.39 is 6.10 Å². The molecule has 19 heavy (non-hydrogen) atoms. The van der Waals surface area contributed by atoms with Crippen LogP contribution in [0, 0.1) is 0 Å². The Morgan fingerprint density at radius 3 is 2.53 bits per heavy atom. The lowest BCUT2D eigenvalue weighted by Gasteiger charge is -2.28. The molecule has 0 aliphatic heterocycles. The molecule has 3 nitrogen and oxygen atoms in total. The predicted octanol–water partition coefficient (Wildman–Crippen LogP) is 3.26. The average Bonchev–Trinajstić information content (AvgIpc) is 2.29. The Hall–Kier alpha value is -0.580. The van der Waals surface area contributed by atoms with Gasteiger partial charge in [-0.2, -0.15) is 0 Å². The molecule has 1 aromatic carbocycles. The monoisotopic (exact) mass is 347 g/mol. The summed E-state index contributed by atoms with van der Waals surface area (Å²) in [5.41, 5.74) is 0.894. The van der Waals surface area contributed by atoms with Gasteiger partial charge < -0.3 is 10.0 Å². The molecule has 0 saturated carbocycles. The highest BCUT2D eigenvalue weighted by Gasteiger charge is 2.19. The lowest BCUT2D eigenvalue weighted by Crippen LogP contribution is -2.42. The fourth-order valence-corrected chi connectivity index (χ4v) is 2.64. The molecule has 1 amide bonds. The Labute approximate surface area is 127 Å². The van der Waals surface area contributed by atoms with E-state index in [0.717, 1.165) is 10.0 Å². The van der Waals surface area contributed by atoms with Crippen molar-refractivity contribution in [2.45, 2.75) is 39.3 Å². The highest BCUT2D eigenvalue weighted by atomic mass is 79.9. The standard InChI is InChI=1S/C14H19BrClNO2/c1-9(2)17(8-10(3)18)14(19)6-11-4-5-12(16)7-13(11)15/h4-5,7,9-10,18H,6,8H2,1-3H3. The maximum absolute atomic E-state index is 12.3. The van der Waals surface area contributed by atoms with Crippen molar-refractivity contribution in [1.29, 1.82) is 0 Å².